The maximum Gasteiger partial charge on any atom is 0.151 e. The van der Waals surface area contributed by atoms with Crippen LogP contribution in [0.15, 0.2) is 35.3 Å². The first-order chi connectivity index (χ1) is 10.1. The first kappa shape index (κ1) is 14.0. The zero-order valence-corrected chi connectivity index (χ0v) is 13.0. The molecule has 0 aliphatic heterocycles. The standard InChI is InChI=1S/C15H19N5S/c1-11(16)7-13-15(18-14-5-3-4-6-20(13)14)19(2)8-12-9-21-10-17-12/h3-6,9-11H,7-8,16H2,1-2H3. The van der Waals surface area contributed by atoms with E-state index in [9.17, 15) is 0 Å². The Morgan fingerprint density at radius 1 is 1.43 bits per heavy atom. The Labute approximate surface area is 128 Å². The van der Waals surface area contributed by atoms with Crippen molar-refractivity contribution in [1.29, 1.82) is 0 Å². The molecule has 6 heteroatoms. The van der Waals surface area contributed by atoms with Crippen molar-refractivity contribution in [2.45, 2.75) is 25.9 Å². The topological polar surface area (TPSA) is 59.5 Å². The summed E-state index contributed by atoms with van der Waals surface area (Å²) >= 11 is 1.61. The number of nitrogens with two attached hydrogens (primary N) is 1. The van der Waals surface area contributed by atoms with Crippen molar-refractivity contribution in [1.82, 2.24) is 14.4 Å². The minimum atomic E-state index is 0.0940. The zero-order valence-electron chi connectivity index (χ0n) is 12.2. The third kappa shape index (κ3) is 2.91. The lowest BCUT2D eigenvalue weighted by molar-refractivity contribution is 0.712. The van der Waals surface area contributed by atoms with E-state index in [0.29, 0.717) is 0 Å². The molecule has 0 amide bonds. The lowest BCUT2D eigenvalue weighted by atomic mass is 10.2. The number of nitrogens with zero attached hydrogens (tertiary/aromatic N) is 4. The lowest BCUT2D eigenvalue weighted by Gasteiger charge is -2.18. The zero-order chi connectivity index (χ0) is 14.8. The van der Waals surface area contributed by atoms with Crippen LogP contribution in [0.1, 0.15) is 18.3 Å². The minimum absolute atomic E-state index is 0.0940. The summed E-state index contributed by atoms with van der Waals surface area (Å²) in [5.74, 6) is 0.978. The molecule has 1 atom stereocenters. The van der Waals surface area contributed by atoms with Gasteiger partial charge < -0.3 is 15.0 Å². The number of imidazole rings is 1. The molecular formula is C15H19N5S. The molecule has 0 saturated heterocycles. The molecule has 0 aliphatic carbocycles. The molecule has 3 aromatic heterocycles. The molecule has 110 valence electrons. The highest BCUT2D eigenvalue weighted by molar-refractivity contribution is 7.07. The van der Waals surface area contributed by atoms with Crippen molar-refractivity contribution < 1.29 is 0 Å². The monoisotopic (exact) mass is 301 g/mol. The molecule has 3 heterocycles. The predicted octanol–water partition coefficient (Wildman–Crippen LogP) is 2.32. The normalized spacial score (nSPS) is 12.7. The van der Waals surface area contributed by atoms with Gasteiger partial charge in [0, 0.05) is 31.1 Å². The van der Waals surface area contributed by atoms with E-state index < -0.39 is 0 Å². The molecule has 1 unspecified atom stereocenters. The second-order valence-electron chi connectivity index (χ2n) is 5.33. The van der Waals surface area contributed by atoms with Crippen LogP contribution in [0, 0.1) is 0 Å². The van der Waals surface area contributed by atoms with E-state index in [1.54, 1.807) is 11.3 Å². The van der Waals surface area contributed by atoms with Crippen LogP contribution in [0.5, 0.6) is 0 Å². The van der Waals surface area contributed by atoms with Gasteiger partial charge in [-0.2, -0.15) is 0 Å². The summed E-state index contributed by atoms with van der Waals surface area (Å²) in [4.78, 5) is 11.2. The van der Waals surface area contributed by atoms with Gasteiger partial charge in [-0.1, -0.05) is 6.07 Å². The third-order valence-electron chi connectivity index (χ3n) is 3.37. The van der Waals surface area contributed by atoms with Gasteiger partial charge in [0.25, 0.3) is 0 Å². The number of pyridine rings is 1. The highest BCUT2D eigenvalue weighted by Crippen LogP contribution is 2.23. The summed E-state index contributed by atoms with van der Waals surface area (Å²) in [5, 5.41) is 2.07. The van der Waals surface area contributed by atoms with Crippen LogP contribution >= 0.6 is 11.3 Å². The van der Waals surface area contributed by atoms with Gasteiger partial charge in [-0.3, -0.25) is 0 Å². The van der Waals surface area contributed by atoms with Gasteiger partial charge in [0.1, 0.15) is 5.65 Å². The lowest BCUT2D eigenvalue weighted by Crippen LogP contribution is -2.23. The largest absolute Gasteiger partial charge is 0.352 e. The number of hydrogen-bond donors (Lipinski definition) is 1. The van der Waals surface area contributed by atoms with E-state index >= 15 is 0 Å². The summed E-state index contributed by atoms with van der Waals surface area (Å²) in [5.41, 5.74) is 11.0. The van der Waals surface area contributed by atoms with E-state index in [4.69, 9.17) is 10.7 Å². The number of rotatable bonds is 5. The fraction of sp³-hybridized carbons (Fsp3) is 0.333. The highest BCUT2D eigenvalue weighted by atomic mass is 32.1. The summed E-state index contributed by atoms with van der Waals surface area (Å²) in [7, 11) is 2.05. The first-order valence-electron chi connectivity index (χ1n) is 6.95. The van der Waals surface area contributed by atoms with Crippen LogP contribution in [-0.4, -0.2) is 27.5 Å². The van der Waals surface area contributed by atoms with Gasteiger partial charge in [-0.05, 0) is 19.1 Å². The van der Waals surface area contributed by atoms with E-state index in [-0.39, 0.29) is 6.04 Å². The Morgan fingerprint density at radius 3 is 3.00 bits per heavy atom. The molecule has 0 aromatic carbocycles. The second kappa shape index (κ2) is 5.83. The maximum atomic E-state index is 6.01. The number of fused-ring (bicyclic) bond motifs is 1. The number of anilines is 1. The van der Waals surface area contributed by atoms with E-state index in [2.05, 4.69) is 19.7 Å². The van der Waals surface area contributed by atoms with Gasteiger partial charge >= 0.3 is 0 Å². The Balaban J connectivity index is 1.99. The number of aromatic nitrogens is 3. The molecule has 0 radical (unpaired) electrons. The van der Waals surface area contributed by atoms with E-state index in [1.807, 2.05) is 43.9 Å². The van der Waals surface area contributed by atoms with Gasteiger partial charge in [0.2, 0.25) is 0 Å². The predicted molar refractivity (Wildman–Crippen MR) is 86.8 cm³/mol. The highest BCUT2D eigenvalue weighted by Gasteiger charge is 2.17. The smallest absolute Gasteiger partial charge is 0.151 e. The van der Waals surface area contributed by atoms with Gasteiger partial charge in [-0.15, -0.1) is 11.3 Å². The second-order valence-corrected chi connectivity index (χ2v) is 6.05. The van der Waals surface area contributed by atoms with Crippen molar-refractivity contribution in [3.05, 3.63) is 46.7 Å². The average molecular weight is 301 g/mol. The fourth-order valence-electron chi connectivity index (χ4n) is 2.47. The molecule has 5 nitrogen and oxygen atoms in total. The number of hydrogen-bond acceptors (Lipinski definition) is 5. The van der Waals surface area contributed by atoms with E-state index in [1.165, 1.54) is 0 Å². The van der Waals surface area contributed by atoms with Crippen molar-refractivity contribution in [3.8, 4) is 0 Å². The molecule has 21 heavy (non-hydrogen) atoms. The van der Waals surface area contributed by atoms with Crippen LogP contribution in [0.2, 0.25) is 0 Å². The van der Waals surface area contributed by atoms with Crippen LogP contribution in [0.25, 0.3) is 5.65 Å². The molecule has 0 bridgehead atoms. The molecule has 2 N–H and O–H groups in total. The molecular weight excluding hydrogens is 282 g/mol. The Morgan fingerprint density at radius 2 is 2.29 bits per heavy atom. The van der Waals surface area contributed by atoms with Crippen molar-refractivity contribution >= 4 is 22.8 Å². The summed E-state index contributed by atoms with van der Waals surface area (Å²) in [6, 6.07) is 6.13. The Bertz CT molecular complexity index is 717. The summed E-state index contributed by atoms with van der Waals surface area (Å²) in [6.45, 7) is 2.77. The Kier molecular flexibility index (Phi) is 3.90. The van der Waals surface area contributed by atoms with Crippen molar-refractivity contribution in [2.24, 2.45) is 5.73 Å². The van der Waals surface area contributed by atoms with Crippen LogP contribution < -0.4 is 10.6 Å². The van der Waals surface area contributed by atoms with Crippen molar-refractivity contribution in [2.75, 3.05) is 11.9 Å². The maximum absolute atomic E-state index is 6.01. The van der Waals surface area contributed by atoms with Crippen molar-refractivity contribution in [3.63, 3.8) is 0 Å². The quantitative estimate of drug-likeness (QED) is 0.785. The van der Waals surface area contributed by atoms with Gasteiger partial charge in [0.15, 0.2) is 5.82 Å². The average Bonchev–Trinajstić information content (AvgIpc) is 3.07. The molecule has 0 fully saturated rings. The van der Waals surface area contributed by atoms with Crippen LogP contribution in [0.4, 0.5) is 5.82 Å². The summed E-state index contributed by atoms with van der Waals surface area (Å²) < 4.78 is 2.12. The minimum Gasteiger partial charge on any atom is -0.352 e. The number of thiazole rings is 1. The van der Waals surface area contributed by atoms with Crippen LogP contribution in [0.3, 0.4) is 0 Å². The molecule has 0 saturated carbocycles. The van der Waals surface area contributed by atoms with Gasteiger partial charge in [0.05, 0.1) is 23.4 Å². The third-order valence-corrected chi connectivity index (χ3v) is 4.00. The molecule has 3 rings (SSSR count). The molecule has 0 aliphatic rings. The molecule has 3 aromatic rings. The van der Waals surface area contributed by atoms with E-state index in [0.717, 1.165) is 35.8 Å². The first-order valence-corrected chi connectivity index (χ1v) is 7.89. The van der Waals surface area contributed by atoms with Crippen LogP contribution in [-0.2, 0) is 13.0 Å². The fourth-order valence-corrected chi connectivity index (χ4v) is 3.02. The molecule has 0 spiro atoms. The summed E-state index contributed by atoms with van der Waals surface area (Å²) in [6.07, 6.45) is 2.84. The Hall–Kier alpha value is -1.92. The SMILES string of the molecule is CC(N)Cc1c(N(C)Cc2cscn2)nc2ccccn12. The van der Waals surface area contributed by atoms with Gasteiger partial charge in [-0.25, -0.2) is 9.97 Å².